The van der Waals surface area contributed by atoms with Crippen LogP contribution in [0.3, 0.4) is 0 Å². The highest BCUT2D eigenvalue weighted by Crippen LogP contribution is 2.42. The van der Waals surface area contributed by atoms with Crippen LogP contribution in [0.25, 0.3) is 40.3 Å². The lowest BCUT2D eigenvalue weighted by atomic mass is 9.95. The largest absolute Gasteiger partial charge is 0.494 e. The van der Waals surface area contributed by atoms with Gasteiger partial charge in [0.2, 0.25) is 0 Å². The first kappa shape index (κ1) is 62.6. The Hall–Kier alpha value is -4.46. The molecule has 4 aromatic heterocycles. The lowest BCUT2D eigenvalue weighted by Crippen LogP contribution is -2.28. The Morgan fingerprint density at radius 3 is 1.49 bits per heavy atom. The number of ether oxygens (including phenoxy) is 1. The van der Waals surface area contributed by atoms with E-state index in [1.165, 1.54) is 124 Å². The summed E-state index contributed by atoms with van der Waals surface area (Å²) >= 11 is 13.3. The molecular formula is C64H72BrClF4N4O3S4. The number of nitrogens with zero attached hydrogens (tertiary/aromatic N) is 3. The molecule has 0 unspecified atom stereocenters. The van der Waals surface area contributed by atoms with Crippen LogP contribution >= 0.6 is 73.9 Å². The van der Waals surface area contributed by atoms with E-state index >= 15 is 0 Å². The van der Waals surface area contributed by atoms with Crippen LogP contribution in [0.1, 0.15) is 110 Å². The maximum absolute atomic E-state index is 13.6. The second-order valence-electron chi connectivity index (χ2n) is 21.7. The lowest BCUT2D eigenvalue weighted by Gasteiger charge is -2.28. The van der Waals surface area contributed by atoms with Gasteiger partial charge in [-0.15, -0.1) is 62.3 Å². The van der Waals surface area contributed by atoms with E-state index in [9.17, 15) is 22.4 Å². The number of thiophene rings is 4. The van der Waals surface area contributed by atoms with Gasteiger partial charge in [-0.05, 0) is 261 Å². The number of methoxy groups -OCH3 is 1. The van der Waals surface area contributed by atoms with Crippen molar-refractivity contribution in [1.82, 2.24) is 20.0 Å². The van der Waals surface area contributed by atoms with Crippen LogP contribution in [0.5, 0.6) is 5.75 Å². The zero-order valence-electron chi connectivity index (χ0n) is 46.6. The van der Waals surface area contributed by atoms with E-state index in [4.69, 9.17) is 21.4 Å². The third-order valence-corrected chi connectivity index (χ3v) is 21.3. The highest BCUT2D eigenvalue weighted by molar-refractivity contribution is 8.93. The summed E-state index contributed by atoms with van der Waals surface area (Å²) in [4.78, 5) is 22.9. The molecule has 7 nitrogen and oxygen atoms in total. The average molecular weight is 1260 g/mol. The monoisotopic (exact) mass is 1260 g/mol. The molecule has 0 aliphatic carbocycles. The van der Waals surface area contributed by atoms with Gasteiger partial charge in [-0.25, -0.2) is 22.4 Å². The van der Waals surface area contributed by atoms with Gasteiger partial charge < -0.3 is 29.9 Å². The number of nitrogens with one attached hydrogen (secondary N) is 1. The molecule has 2 N–H and O–H groups in total. The molecule has 0 atom stereocenters. The van der Waals surface area contributed by atoms with Crippen LogP contribution < -0.4 is 10.1 Å². The van der Waals surface area contributed by atoms with Crippen LogP contribution in [-0.4, -0.2) is 106 Å². The van der Waals surface area contributed by atoms with Crippen molar-refractivity contribution in [3.05, 3.63) is 168 Å². The lowest BCUT2D eigenvalue weighted by molar-refractivity contribution is 0.0696. The van der Waals surface area contributed by atoms with Gasteiger partial charge in [0.05, 0.1) is 22.4 Å². The van der Waals surface area contributed by atoms with Crippen LogP contribution in [0, 0.1) is 30.2 Å². The van der Waals surface area contributed by atoms with Gasteiger partial charge in [0, 0.05) is 33.6 Å². The number of carboxylic acids is 1. The number of hydrogen-bond acceptors (Lipinski definition) is 10. The Labute approximate surface area is 505 Å². The third kappa shape index (κ3) is 16.7. The topological polar surface area (TPSA) is 68.3 Å². The van der Waals surface area contributed by atoms with Crippen molar-refractivity contribution < 1.29 is 32.2 Å². The van der Waals surface area contributed by atoms with Gasteiger partial charge in [0.1, 0.15) is 5.82 Å². The fourth-order valence-corrected chi connectivity index (χ4v) is 16.3. The van der Waals surface area contributed by atoms with Gasteiger partial charge >= 0.3 is 5.97 Å². The standard InChI is InChI=1S/C15H18ClNS.C14H15F2NS.C14H16FNOS.C14H16FNS.C7H6O2.BrH/c1-10-7-12-9-14(18-15(12)13(16)8-10)11-3-5-17(2)6-4-11;1-17-4-2-9(3-5-17)13-7-10-6-11(15)12(16)8-14(10)18-13;1-17-12-6-10-7-13(9-2-4-16-5-3-9)18-14(10)8-11(12)15;1-16-6-4-10(5-7-16)13-8-11-2-3-12(15)9-14(11)17-13;8-7(9)6-4-2-1-3-5-6;/h7-9,11H,3-6H2,1-2H3;6-9H,2-5H2,1H3;6-9,16H,2-5H2,1H3;2-3,8-10H,4-7H2,1H3;1-5H,(H,8,9);1H. The summed E-state index contributed by atoms with van der Waals surface area (Å²) in [7, 11) is 8.02. The fraction of sp³-hybridized carbons (Fsp3) is 0.391. The number of carboxylic acid groups (broad SMARTS) is 1. The normalized spacial score (nSPS) is 17.1. The molecule has 4 fully saturated rings. The van der Waals surface area contributed by atoms with Crippen LogP contribution in [0.4, 0.5) is 17.6 Å². The maximum atomic E-state index is 13.6. The number of aromatic carboxylic acids is 1. The average Bonchev–Trinajstić information content (AvgIpc) is 4.44. The molecule has 4 aliphatic rings. The van der Waals surface area contributed by atoms with Crippen LogP contribution in [-0.2, 0) is 0 Å². The molecule has 13 rings (SSSR count). The summed E-state index contributed by atoms with van der Waals surface area (Å²) in [6, 6.07) is 32.5. The van der Waals surface area contributed by atoms with Crippen molar-refractivity contribution in [1.29, 1.82) is 0 Å². The van der Waals surface area contributed by atoms with E-state index < -0.39 is 17.6 Å². The Balaban J connectivity index is 0.000000134. The molecule has 5 aromatic carbocycles. The van der Waals surface area contributed by atoms with Crippen molar-refractivity contribution in [2.24, 2.45) is 0 Å². The first-order valence-corrected chi connectivity index (χ1v) is 31.3. The van der Waals surface area contributed by atoms with Gasteiger partial charge in [0.15, 0.2) is 23.2 Å². The van der Waals surface area contributed by atoms with E-state index in [0.29, 0.717) is 29.1 Å². The molecule has 432 valence electrons. The summed E-state index contributed by atoms with van der Waals surface area (Å²) in [5.41, 5.74) is 1.58. The molecule has 0 bridgehead atoms. The predicted octanol–water partition coefficient (Wildman–Crippen LogP) is 18.0. The van der Waals surface area contributed by atoms with Gasteiger partial charge in [-0.1, -0.05) is 41.9 Å². The summed E-state index contributed by atoms with van der Waals surface area (Å²) in [5, 5.41) is 17.1. The highest BCUT2D eigenvalue weighted by Gasteiger charge is 2.24. The predicted molar refractivity (Wildman–Crippen MR) is 340 cm³/mol. The molecule has 0 saturated carbocycles. The number of aryl methyl sites for hydroxylation is 1. The third-order valence-electron chi connectivity index (χ3n) is 15.7. The summed E-state index contributed by atoms with van der Waals surface area (Å²) in [6.45, 7) is 11.2. The van der Waals surface area contributed by atoms with E-state index in [1.807, 2.05) is 23.5 Å². The zero-order chi connectivity index (χ0) is 56.5. The summed E-state index contributed by atoms with van der Waals surface area (Å²) in [5.74, 6) is 0.115. The van der Waals surface area contributed by atoms with E-state index in [2.05, 4.69) is 78.4 Å². The van der Waals surface area contributed by atoms with Crippen molar-refractivity contribution in [3.63, 3.8) is 0 Å². The highest BCUT2D eigenvalue weighted by atomic mass is 79.9. The Kier molecular flexibility index (Phi) is 22.7. The number of hydrogen-bond donors (Lipinski definition) is 2. The molecule has 0 spiro atoms. The van der Waals surface area contributed by atoms with Crippen molar-refractivity contribution in [2.45, 2.75) is 82.0 Å². The quantitative estimate of drug-likeness (QED) is 0.161. The molecule has 17 heteroatoms. The van der Waals surface area contributed by atoms with E-state index in [1.54, 1.807) is 88.6 Å². The molecule has 4 saturated heterocycles. The smallest absolute Gasteiger partial charge is 0.335 e. The minimum absolute atomic E-state index is 0. The number of piperidine rings is 4. The molecule has 0 radical (unpaired) electrons. The molecule has 81 heavy (non-hydrogen) atoms. The van der Waals surface area contributed by atoms with Gasteiger partial charge in [0.25, 0.3) is 0 Å². The summed E-state index contributed by atoms with van der Waals surface area (Å²) < 4.78 is 62.4. The second kappa shape index (κ2) is 29.4. The number of likely N-dealkylation sites (tertiary alicyclic amines) is 3. The number of halogens is 6. The first-order valence-electron chi connectivity index (χ1n) is 27.7. The van der Waals surface area contributed by atoms with E-state index in [0.717, 1.165) is 74.8 Å². The Bertz CT molecular complexity index is 3450. The van der Waals surface area contributed by atoms with Crippen LogP contribution in [0.2, 0.25) is 5.02 Å². The minimum Gasteiger partial charge on any atom is -0.494 e. The Morgan fingerprint density at radius 2 is 0.988 bits per heavy atom. The number of benzene rings is 5. The van der Waals surface area contributed by atoms with Crippen molar-refractivity contribution >= 4 is 120 Å². The van der Waals surface area contributed by atoms with Gasteiger partial charge in [-0.3, -0.25) is 0 Å². The molecule has 4 aliphatic heterocycles. The number of rotatable bonds is 6. The molecular weight excluding hydrogens is 1190 g/mol. The fourth-order valence-electron chi connectivity index (χ4n) is 10.9. The minimum atomic E-state index is -0.879. The Morgan fingerprint density at radius 1 is 0.543 bits per heavy atom. The summed E-state index contributed by atoms with van der Waals surface area (Å²) in [6.07, 6.45) is 9.62. The van der Waals surface area contributed by atoms with Crippen molar-refractivity contribution in [2.75, 3.05) is 80.6 Å². The molecule has 0 amide bonds. The zero-order valence-corrected chi connectivity index (χ0v) is 52.3. The molecule has 8 heterocycles. The first-order chi connectivity index (χ1) is 38.6. The number of fused-ring (bicyclic) bond motifs is 4. The SMILES string of the molecule is Br.CN1CCC(c2cc3cc(F)c(F)cc3s2)CC1.CN1CCC(c2cc3ccc(F)cc3s2)CC1.COc1cc2cc(C3CCNCC3)sc2cc1F.Cc1cc(Cl)c2sc(C3CCN(C)CC3)cc2c1.O=C(O)c1ccccc1. The second-order valence-corrected chi connectivity index (χ2v) is 26.5. The van der Waals surface area contributed by atoms with Crippen LogP contribution in [0.15, 0.2) is 109 Å². The maximum Gasteiger partial charge on any atom is 0.335 e. The van der Waals surface area contributed by atoms with E-state index in [-0.39, 0.29) is 28.6 Å². The molecule has 9 aromatic rings. The van der Waals surface area contributed by atoms with Gasteiger partial charge in [-0.2, -0.15) is 0 Å². The van der Waals surface area contributed by atoms with Crippen molar-refractivity contribution in [3.8, 4) is 5.75 Å². The number of carbonyl (C=O) groups is 1.